The van der Waals surface area contributed by atoms with Gasteiger partial charge in [0.2, 0.25) is 5.91 Å². The normalized spacial score (nSPS) is 10.2. The van der Waals surface area contributed by atoms with Gasteiger partial charge in [0, 0.05) is 30.5 Å². The van der Waals surface area contributed by atoms with Crippen LogP contribution in [-0.4, -0.2) is 40.6 Å². The van der Waals surface area contributed by atoms with Gasteiger partial charge in [0.1, 0.15) is 5.69 Å². The fourth-order valence-corrected chi connectivity index (χ4v) is 2.30. The molecule has 7 nitrogen and oxygen atoms in total. The van der Waals surface area contributed by atoms with Gasteiger partial charge in [0.25, 0.3) is 5.69 Å². The fraction of sp³-hybridized carbons (Fsp3) is 0.417. The molecule has 0 aliphatic carbocycles. The van der Waals surface area contributed by atoms with Crippen molar-refractivity contribution in [1.29, 1.82) is 0 Å². The first kappa shape index (κ1) is 16.3. The van der Waals surface area contributed by atoms with Gasteiger partial charge < -0.3 is 16.2 Å². The Bertz CT molecular complexity index is 482. The Balaban J connectivity index is 2.63. The van der Waals surface area contributed by atoms with Gasteiger partial charge in [-0.3, -0.25) is 14.9 Å². The van der Waals surface area contributed by atoms with Gasteiger partial charge in [-0.15, -0.1) is 0 Å². The first-order chi connectivity index (χ1) is 9.56. The molecule has 0 heterocycles. The Hall–Kier alpha value is -1.80. The maximum absolute atomic E-state index is 11.1. The molecule has 1 rings (SSSR count). The summed E-state index contributed by atoms with van der Waals surface area (Å²) in [5, 5.41) is 22.5. The van der Waals surface area contributed by atoms with Crippen LogP contribution >= 0.6 is 11.8 Å². The van der Waals surface area contributed by atoms with E-state index in [0.717, 1.165) is 17.9 Å². The van der Waals surface area contributed by atoms with Gasteiger partial charge in [-0.05, 0) is 24.3 Å². The highest BCUT2D eigenvalue weighted by molar-refractivity contribution is 7.99. The second-order valence-corrected chi connectivity index (χ2v) is 5.19. The lowest BCUT2D eigenvalue weighted by Crippen LogP contribution is -2.13. The van der Waals surface area contributed by atoms with Gasteiger partial charge >= 0.3 is 0 Å². The third-order valence-corrected chi connectivity index (χ3v) is 3.56. The van der Waals surface area contributed by atoms with E-state index >= 15 is 0 Å². The molecule has 0 atom stereocenters. The summed E-state index contributed by atoms with van der Waals surface area (Å²) in [5.41, 5.74) is 5.58. The van der Waals surface area contributed by atoms with Crippen LogP contribution in [0.3, 0.4) is 0 Å². The molecular weight excluding hydrogens is 282 g/mol. The zero-order valence-corrected chi connectivity index (χ0v) is 11.7. The Kier molecular flexibility index (Phi) is 6.82. The Labute approximate surface area is 120 Å². The van der Waals surface area contributed by atoms with E-state index < -0.39 is 10.8 Å². The monoisotopic (exact) mass is 299 g/mol. The van der Waals surface area contributed by atoms with E-state index in [1.54, 1.807) is 11.8 Å². The van der Waals surface area contributed by atoms with Gasteiger partial charge in [0.15, 0.2) is 0 Å². The van der Waals surface area contributed by atoms with Gasteiger partial charge in [-0.2, -0.15) is 11.8 Å². The molecule has 0 radical (unpaired) electrons. The maximum Gasteiger partial charge on any atom is 0.292 e. The first-order valence-corrected chi connectivity index (χ1v) is 7.22. The summed E-state index contributed by atoms with van der Waals surface area (Å²) in [6.45, 7) is 0.686. The summed E-state index contributed by atoms with van der Waals surface area (Å²) in [6, 6.07) is 3.99. The number of amides is 1. The third kappa shape index (κ3) is 5.06. The van der Waals surface area contributed by atoms with Crippen LogP contribution in [0.15, 0.2) is 18.2 Å². The van der Waals surface area contributed by atoms with Crippen molar-refractivity contribution in [2.45, 2.75) is 6.42 Å². The van der Waals surface area contributed by atoms with Crippen LogP contribution in [0.5, 0.6) is 0 Å². The third-order valence-electron chi connectivity index (χ3n) is 2.49. The molecule has 20 heavy (non-hydrogen) atoms. The summed E-state index contributed by atoms with van der Waals surface area (Å²) >= 11 is 1.64. The van der Waals surface area contributed by atoms with Crippen molar-refractivity contribution >= 4 is 29.0 Å². The maximum atomic E-state index is 11.1. The van der Waals surface area contributed by atoms with Crippen LogP contribution in [0.1, 0.15) is 16.8 Å². The number of hydrogen-bond donors (Lipinski definition) is 3. The highest BCUT2D eigenvalue weighted by Gasteiger charge is 2.15. The summed E-state index contributed by atoms with van der Waals surface area (Å²) in [6.07, 6.45) is 0.724. The number of benzene rings is 1. The molecule has 0 aliphatic heterocycles. The average Bonchev–Trinajstić information content (AvgIpc) is 2.42. The predicted molar refractivity (Wildman–Crippen MR) is 79.1 cm³/mol. The molecule has 1 aromatic carbocycles. The zero-order chi connectivity index (χ0) is 15.0. The number of carbonyl (C=O) groups is 1. The van der Waals surface area contributed by atoms with E-state index in [1.807, 2.05) is 0 Å². The summed E-state index contributed by atoms with van der Waals surface area (Å²) in [7, 11) is 0. The number of nitrogens with two attached hydrogens (primary N) is 1. The van der Waals surface area contributed by atoms with Crippen molar-refractivity contribution in [2.75, 3.05) is 30.0 Å². The summed E-state index contributed by atoms with van der Waals surface area (Å²) < 4.78 is 0. The van der Waals surface area contributed by atoms with Crippen LogP contribution in [0.25, 0.3) is 0 Å². The van der Waals surface area contributed by atoms with Crippen LogP contribution in [0, 0.1) is 10.1 Å². The quantitative estimate of drug-likeness (QED) is 0.358. The van der Waals surface area contributed by atoms with Crippen molar-refractivity contribution in [2.24, 2.45) is 5.73 Å². The Morgan fingerprint density at radius 3 is 2.80 bits per heavy atom. The SMILES string of the molecule is NC(=O)c1ccc([N+](=O)[O-])c(NCCSCCCO)c1. The predicted octanol–water partition coefficient (Wildman–Crippen LogP) is 1.22. The van der Waals surface area contributed by atoms with Crippen molar-refractivity contribution in [3.05, 3.63) is 33.9 Å². The number of primary amides is 1. The van der Waals surface area contributed by atoms with Gasteiger partial charge in [-0.25, -0.2) is 0 Å². The van der Waals surface area contributed by atoms with Crippen molar-refractivity contribution in [1.82, 2.24) is 0 Å². The van der Waals surface area contributed by atoms with Crippen LogP contribution in [0.2, 0.25) is 0 Å². The number of carbonyl (C=O) groups excluding carboxylic acids is 1. The number of thioether (sulfide) groups is 1. The number of hydrogen-bond acceptors (Lipinski definition) is 6. The van der Waals surface area contributed by atoms with E-state index in [-0.39, 0.29) is 23.5 Å². The van der Waals surface area contributed by atoms with E-state index in [9.17, 15) is 14.9 Å². The van der Waals surface area contributed by atoms with Crippen molar-refractivity contribution in [3.8, 4) is 0 Å². The Morgan fingerprint density at radius 2 is 2.20 bits per heavy atom. The van der Waals surface area contributed by atoms with Crippen molar-refractivity contribution < 1.29 is 14.8 Å². The minimum Gasteiger partial charge on any atom is -0.396 e. The van der Waals surface area contributed by atoms with E-state index in [2.05, 4.69) is 5.32 Å². The molecular formula is C12H17N3O4S. The molecule has 4 N–H and O–H groups in total. The lowest BCUT2D eigenvalue weighted by Gasteiger charge is -2.08. The van der Waals surface area contributed by atoms with Gasteiger partial charge in [-0.1, -0.05) is 0 Å². The largest absolute Gasteiger partial charge is 0.396 e. The highest BCUT2D eigenvalue weighted by atomic mass is 32.2. The van der Waals surface area contributed by atoms with Gasteiger partial charge in [0.05, 0.1) is 4.92 Å². The smallest absolute Gasteiger partial charge is 0.292 e. The standard InChI is InChI=1S/C12H17N3O4S/c13-12(17)9-2-3-11(15(18)19)10(8-9)14-4-7-20-6-1-5-16/h2-3,8,14,16H,1,4-7H2,(H2,13,17). The minimum atomic E-state index is -0.625. The number of nitrogens with one attached hydrogen (secondary N) is 1. The number of anilines is 1. The number of nitro benzene ring substituents is 1. The molecule has 0 spiro atoms. The lowest BCUT2D eigenvalue weighted by molar-refractivity contribution is -0.384. The number of rotatable bonds is 9. The van der Waals surface area contributed by atoms with E-state index in [1.165, 1.54) is 18.2 Å². The van der Waals surface area contributed by atoms with Crippen LogP contribution in [0.4, 0.5) is 11.4 Å². The average molecular weight is 299 g/mol. The fourth-order valence-electron chi connectivity index (χ4n) is 1.52. The molecule has 8 heteroatoms. The van der Waals surface area contributed by atoms with Crippen molar-refractivity contribution in [3.63, 3.8) is 0 Å². The molecule has 110 valence electrons. The molecule has 0 saturated heterocycles. The number of aliphatic hydroxyl groups is 1. The summed E-state index contributed by atoms with van der Waals surface area (Å²) in [4.78, 5) is 21.5. The number of nitro groups is 1. The molecule has 0 aliphatic rings. The van der Waals surface area contributed by atoms with Crippen LogP contribution in [-0.2, 0) is 0 Å². The number of aliphatic hydroxyl groups excluding tert-OH is 1. The first-order valence-electron chi connectivity index (χ1n) is 6.07. The second kappa shape index (κ2) is 8.39. The molecule has 0 unspecified atom stereocenters. The summed E-state index contributed by atoms with van der Waals surface area (Å²) in [5.74, 6) is 0.958. The topological polar surface area (TPSA) is 118 Å². The van der Waals surface area contributed by atoms with E-state index in [4.69, 9.17) is 10.8 Å². The molecule has 0 saturated carbocycles. The molecule has 0 aromatic heterocycles. The van der Waals surface area contributed by atoms with E-state index in [0.29, 0.717) is 6.54 Å². The minimum absolute atomic E-state index is 0.0876. The highest BCUT2D eigenvalue weighted by Crippen LogP contribution is 2.25. The lowest BCUT2D eigenvalue weighted by atomic mass is 10.1. The Morgan fingerprint density at radius 1 is 1.45 bits per heavy atom. The number of nitrogens with zero attached hydrogens (tertiary/aromatic N) is 1. The molecule has 1 aromatic rings. The van der Waals surface area contributed by atoms with Crippen LogP contribution < -0.4 is 11.1 Å². The molecule has 0 fully saturated rings. The molecule has 0 bridgehead atoms. The zero-order valence-electron chi connectivity index (χ0n) is 10.9. The molecule has 1 amide bonds. The second-order valence-electron chi connectivity index (χ2n) is 3.97.